The van der Waals surface area contributed by atoms with Gasteiger partial charge in [-0.2, -0.15) is 0 Å². The zero-order valence-electron chi connectivity index (χ0n) is 11.6. The molecule has 7 heteroatoms. The number of hydrogen-bond acceptors (Lipinski definition) is 4. The van der Waals surface area contributed by atoms with E-state index in [0.717, 1.165) is 6.42 Å². The van der Waals surface area contributed by atoms with Gasteiger partial charge in [0.1, 0.15) is 5.78 Å². The van der Waals surface area contributed by atoms with Crippen LogP contribution in [0.2, 0.25) is 0 Å². The fourth-order valence-electron chi connectivity index (χ4n) is 1.58. The molecule has 0 aromatic rings. The molecule has 0 aliphatic heterocycles. The normalized spacial score (nSPS) is 13.8. The third-order valence-electron chi connectivity index (χ3n) is 2.69. The first-order valence-electron chi connectivity index (χ1n) is 6.60. The third-order valence-corrected chi connectivity index (χ3v) is 3.21. The molecule has 0 radical (unpaired) electrons. The maximum Gasteiger partial charge on any atom is 0.469 e. The molecule has 0 aliphatic carbocycles. The molecule has 0 saturated carbocycles. The van der Waals surface area contributed by atoms with Crippen molar-refractivity contribution in [3.63, 3.8) is 0 Å². The Balaban J connectivity index is 3.56. The van der Waals surface area contributed by atoms with Gasteiger partial charge in [-0.1, -0.05) is 13.8 Å². The second-order valence-corrected chi connectivity index (χ2v) is 6.37. The summed E-state index contributed by atoms with van der Waals surface area (Å²) in [5, 5.41) is 9.65. The summed E-state index contributed by atoms with van der Waals surface area (Å²) in [4.78, 5) is 28.3. The first kappa shape index (κ1) is 18.7. The van der Waals surface area contributed by atoms with Crippen LogP contribution < -0.4 is 0 Å². The largest absolute Gasteiger partial charge is 0.469 e. The van der Waals surface area contributed by atoms with Crippen molar-refractivity contribution in [2.45, 2.75) is 58.5 Å². The summed E-state index contributed by atoms with van der Waals surface area (Å²) in [6, 6.07) is 0. The molecule has 0 saturated heterocycles. The predicted octanol–water partition coefficient (Wildman–Crippen LogP) is 2.02. The minimum Gasteiger partial charge on any atom is -0.393 e. The van der Waals surface area contributed by atoms with Gasteiger partial charge in [0.15, 0.2) is 0 Å². The highest BCUT2D eigenvalue weighted by Crippen LogP contribution is 2.35. The number of carbonyl (C=O) groups excluding carboxylic acids is 1. The quantitative estimate of drug-likeness (QED) is 0.398. The van der Waals surface area contributed by atoms with Crippen LogP contribution in [-0.2, 0) is 13.9 Å². The van der Waals surface area contributed by atoms with Crippen LogP contribution >= 0.6 is 7.82 Å². The molecule has 0 rings (SSSR count). The lowest BCUT2D eigenvalue weighted by molar-refractivity contribution is -0.119. The monoisotopic (exact) mass is 296 g/mol. The summed E-state index contributed by atoms with van der Waals surface area (Å²) in [6.45, 7) is 4.03. The SMILES string of the molecule is CC(C)CCC(O)CCC(=O)CCCOP(=O)(O)O. The van der Waals surface area contributed by atoms with Gasteiger partial charge in [-0.15, -0.1) is 0 Å². The fourth-order valence-corrected chi connectivity index (χ4v) is 1.94. The van der Waals surface area contributed by atoms with Gasteiger partial charge >= 0.3 is 7.82 Å². The average molecular weight is 296 g/mol. The van der Waals surface area contributed by atoms with Crippen LogP contribution in [0.15, 0.2) is 0 Å². The van der Waals surface area contributed by atoms with Gasteiger partial charge in [0.25, 0.3) is 0 Å². The number of carbonyl (C=O) groups is 1. The molecule has 19 heavy (non-hydrogen) atoms. The Hall–Kier alpha value is -0.260. The summed E-state index contributed by atoms with van der Waals surface area (Å²) in [5.41, 5.74) is 0. The summed E-state index contributed by atoms with van der Waals surface area (Å²) in [5.74, 6) is 0.521. The number of ketones is 1. The van der Waals surface area contributed by atoms with E-state index in [1.54, 1.807) is 0 Å². The molecule has 0 spiro atoms. The van der Waals surface area contributed by atoms with E-state index in [9.17, 15) is 14.5 Å². The Bertz CT molecular complexity index is 299. The third kappa shape index (κ3) is 14.0. The van der Waals surface area contributed by atoms with Crippen LogP contribution in [0.25, 0.3) is 0 Å². The van der Waals surface area contributed by atoms with E-state index in [-0.39, 0.29) is 25.2 Å². The lowest BCUT2D eigenvalue weighted by Gasteiger charge is -2.11. The summed E-state index contributed by atoms with van der Waals surface area (Å²) in [7, 11) is -4.43. The van der Waals surface area contributed by atoms with E-state index in [1.165, 1.54) is 0 Å². The zero-order valence-corrected chi connectivity index (χ0v) is 12.5. The van der Waals surface area contributed by atoms with Crippen LogP contribution in [-0.4, -0.2) is 33.4 Å². The molecule has 0 aromatic carbocycles. The Labute approximate surface area is 114 Å². The highest BCUT2D eigenvalue weighted by Gasteiger charge is 2.14. The Morgan fingerprint density at radius 1 is 1.16 bits per heavy atom. The van der Waals surface area contributed by atoms with Crippen molar-refractivity contribution in [1.82, 2.24) is 0 Å². The smallest absolute Gasteiger partial charge is 0.393 e. The lowest BCUT2D eigenvalue weighted by Crippen LogP contribution is -2.11. The number of aliphatic hydroxyl groups excluding tert-OH is 1. The van der Waals surface area contributed by atoms with E-state index in [1.807, 2.05) is 0 Å². The van der Waals surface area contributed by atoms with Crippen molar-refractivity contribution in [3.8, 4) is 0 Å². The lowest BCUT2D eigenvalue weighted by atomic mass is 10.0. The van der Waals surface area contributed by atoms with Crippen molar-refractivity contribution >= 4 is 13.6 Å². The van der Waals surface area contributed by atoms with Gasteiger partial charge < -0.3 is 14.9 Å². The molecular weight excluding hydrogens is 271 g/mol. The van der Waals surface area contributed by atoms with Crippen LogP contribution in [0.3, 0.4) is 0 Å². The molecule has 0 amide bonds. The van der Waals surface area contributed by atoms with Gasteiger partial charge in [-0.25, -0.2) is 4.57 Å². The molecule has 6 nitrogen and oxygen atoms in total. The molecule has 114 valence electrons. The Morgan fingerprint density at radius 2 is 1.79 bits per heavy atom. The molecule has 1 unspecified atom stereocenters. The first-order chi connectivity index (χ1) is 8.70. The second-order valence-electron chi connectivity index (χ2n) is 5.13. The molecule has 0 bridgehead atoms. The molecule has 1 atom stereocenters. The zero-order chi connectivity index (χ0) is 14.9. The van der Waals surface area contributed by atoms with Crippen molar-refractivity contribution in [1.29, 1.82) is 0 Å². The van der Waals surface area contributed by atoms with Crippen LogP contribution in [0, 0.1) is 5.92 Å². The number of aliphatic hydroxyl groups is 1. The molecule has 0 aromatic heterocycles. The van der Waals surface area contributed by atoms with Crippen LogP contribution in [0.1, 0.15) is 52.4 Å². The van der Waals surface area contributed by atoms with Gasteiger partial charge in [0.2, 0.25) is 0 Å². The number of rotatable bonds is 11. The van der Waals surface area contributed by atoms with Crippen molar-refractivity contribution < 1.29 is 28.8 Å². The number of Topliss-reactive ketones (excluding diaryl/α,β-unsaturated/α-hetero) is 1. The Morgan fingerprint density at radius 3 is 2.32 bits per heavy atom. The highest BCUT2D eigenvalue weighted by molar-refractivity contribution is 7.46. The second kappa shape index (κ2) is 9.61. The molecule has 0 heterocycles. The van der Waals surface area contributed by atoms with Gasteiger partial charge in [0.05, 0.1) is 12.7 Å². The molecule has 0 fully saturated rings. The number of phosphoric acid groups is 1. The van der Waals surface area contributed by atoms with Gasteiger partial charge in [-0.05, 0) is 31.6 Å². The van der Waals surface area contributed by atoms with Crippen LogP contribution in [0.5, 0.6) is 0 Å². The number of phosphoric ester groups is 1. The first-order valence-corrected chi connectivity index (χ1v) is 8.13. The van der Waals surface area contributed by atoms with E-state index in [4.69, 9.17) is 9.79 Å². The van der Waals surface area contributed by atoms with Crippen molar-refractivity contribution in [2.75, 3.05) is 6.61 Å². The standard InChI is InChI=1S/C12H25O6P/c1-10(2)5-6-12(14)8-7-11(13)4-3-9-18-19(15,16)17/h10,12,14H,3-9H2,1-2H3,(H2,15,16,17). The van der Waals surface area contributed by atoms with Gasteiger partial charge in [-0.3, -0.25) is 9.32 Å². The van der Waals surface area contributed by atoms with E-state index in [2.05, 4.69) is 18.4 Å². The van der Waals surface area contributed by atoms with Crippen LogP contribution in [0.4, 0.5) is 0 Å². The minimum absolute atomic E-state index is 0.0158. The molecular formula is C12H25O6P. The summed E-state index contributed by atoms with van der Waals surface area (Å²) < 4.78 is 14.6. The molecule has 0 aliphatic rings. The highest BCUT2D eigenvalue weighted by atomic mass is 31.2. The number of hydrogen-bond donors (Lipinski definition) is 3. The fraction of sp³-hybridized carbons (Fsp3) is 0.917. The van der Waals surface area contributed by atoms with Crippen molar-refractivity contribution in [2.24, 2.45) is 5.92 Å². The maximum atomic E-state index is 11.4. The average Bonchev–Trinajstić information content (AvgIpc) is 2.28. The maximum absolute atomic E-state index is 11.4. The Kier molecular flexibility index (Phi) is 9.48. The topological polar surface area (TPSA) is 104 Å². The summed E-state index contributed by atoms with van der Waals surface area (Å²) in [6.07, 6.45) is 2.44. The predicted molar refractivity (Wildman–Crippen MR) is 71.5 cm³/mol. The van der Waals surface area contributed by atoms with E-state index in [0.29, 0.717) is 25.2 Å². The van der Waals surface area contributed by atoms with E-state index >= 15 is 0 Å². The molecule has 3 N–H and O–H groups in total. The van der Waals surface area contributed by atoms with Gasteiger partial charge in [0, 0.05) is 12.8 Å². The summed E-state index contributed by atoms with van der Waals surface area (Å²) >= 11 is 0. The minimum atomic E-state index is -4.43. The van der Waals surface area contributed by atoms with Crippen molar-refractivity contribution in [3.05, 3.63) is 0 Å². The van der Waals surface area contributed by atoms with E-state index < -0.39 is 13.9 Å².